The Morgan fingerprint density at radius 3 is 2.14 bits per heavy atom. The largest absolute Gasteiger partial charge is 0.457 e. The van der Waals surface area contributed by atoms with Gasteiger partial charge < -0.3 is 20.1 Å². The average molecular weight is 515 g/mol. The highest BCUT2D eigenvalue weighted by Crippen LogP contribution is 2.30. The first-order valence-electron chi connectivity index (χ1n) is 10.8. The molecule has 0 saturated carbocycles. The van der Waals surface area contributed by atoms with E-state index in [2.05, 4.69) is 10.6 Å². The molecule has 0 bridgehead atoms. The third-order valence-corrected chi connectivity index (χ3v) is 5.73. The van der Waals surface area contributed by atoms with E-state index in [9.17, 15) is 14.4 Å². The highest BCUT2D eigenvalue weighted by atomic mass is 35.5. The predicted molar refractivity (Wildman–Crippen MR) is 136 cm³/mol. The molecular weight excluding hydrogens is 491 g/mol. The molecule has 0 spiro atoms. The van der Waals surface area contributed by atoms with Crippen LogP contribution >= 0.6 is 23.2 Å². The van der Waals surface area contributed by atoms with Crippen molar-refractivity contribution < 1.29 is 23.9 Å². The number of carbonyl (C=O) groups excluding carboxylic acids is 3. The lowest BCUT2D eigenvalue weighted by molar-refractivity contribution is -0.147. The Morgan fingerprint density at radius 1 is 0.800 bits per heavy atom. The van der Waals surface area contributed by atoms with E-state index in [-0.39, 0.29) is 28.8 Å². The summed E-state index contributed by atoms with van der Waals surface area (Å²) in [6, 6.07) is 17.6. The second kappa shape index (κ2) is 12.2. The number of anilines is 2. The Morgan fingerprint density at radius 2 is 1.46 bits per heavy atom. The molecule has 0 saturated heterocycles. The van der Waals surface area contributed by atoms with Gasteiger partial charge >= 0.3 is 5.97 Å². The zero-order valence-corrected chi connectivity index (χ0v) is 20.7. The van der Waals surface area contributed by atoms with Gasteiger partial charge in [-0.2, -0.15) is 0 Å². The molecule has 3 rings (SSSR count). The second-order valence-corrected chi connectivity index (χ2v) is 8.49. The molecule has 0 fully saturated rings. The summed E-state index contributed by atoms with van der Waals surface area (Å²) in [4.78, 5) is 36.0. The normalized spacial score (nSPS) is 10.4. The lowest BCUT2D eigenvalue weighted by atomic mass is 10.1. The van der Waals surface area contributed by atoms with Crippen molar-refractivity contribution in [1.82, 2.24) is 0 Å². The molecule has 0 radical (unpaired) electrons. The van der Waals surface area contributed by atoms with Crippen molar-refractivity contribution in [2.75, 3.05) is 17.2 Å². The number of aryl methyl sites for hydroxylation is 2. The number of hydrogen-bond donors (Lipinski definition) is 2. The Bertz CT molecular complexity index is 1210. The molecule has 0 unspecified atom stereocenters. The summed E-state index contributed by atoms with van der Waals surface area (Å²) >= 11 is 11.9. The molecule has 0 heterocycles. The number of hydrogen-bond acceptors (Lipinski definition) is 5. The predicted octanol–water partition coefficient (Wildman–Crippen LogP) is 6.30. The number of para-hydroxylation sites is 1. The molecule has 2 N–H and O–H groups in total. The molecule has 3 aromatic carbocycles. The van der Waals surface area contributed by atoms with Crippen LogP contribution < -0.4 is 15.4 Å². The SMILES string of the molecule is Cc1cccc(C)c1Oc1ccc(NC(=O)CCC(=O)OCC(=O)Nc2cccc(Cl)c2Cl)cc1. The highest BCUT2D eigenvalue weighted by Gasteiger charge is 2.13. The molecule has 9 heteroatoms. The van der Waals surface area contributed by atoms with Crippen molar-refractivity contribution in [3.8, 4) is 11.5 Å². The van der Waals surface area contributed by atoms with Crippen LogP contribution in [0.15, 0.2) is 60.7 Å². The maximum absolute atomic E-state index is 12.2. The van der Waals surface area contributed by atoms with E-state index < -0.39 is 18.5 Å². The van der Waals surface area contributed by atoms with Crippen LogP contribution in [0.25, 0.3) is 0 Å². The van der Waals surface area contributed by atoms with Crippen molar-refractivity contribution in [3.05, 3.63) is 81.8 Å². The zero-order chi connectivity index (χ0) is 25.4. The summed E-state index contributed by atoms with van der Waals surface area (Å²) in [7, 11) is 0. The molecule has 0 aliphatic rings. The number of amides is 2. The van der Waals surface area contributed by atoms with Crippen molar-refractivity contribution in [1.29, 1.82) is 0 Å². The van der Waals surface area contributed by atoms with Gasteiger partial charge in [0, 0.05) is 12.1 Å². The van der Waals surface area contributed by atoms with E-state index in [1.54, 1.807) is 42.5 Å². The summed E-state index contributed by atoms with van der Waals surface area (Å²) in [6.45, 7) is 3.44. The van der Waals surface area contributed by atoms with E-state index in [0.29, 0.717) is 17.1 Å². The summed E-state index contributed by atoms with van der Waals surface area (Å²) in [5.41, 5.74) is 2.93. The van der Waals surface area contributed by atoms with Crippen LogP contribution in [-0.4, -0.2) is 24.4 Å². The topological polar surface area (TPSA) is 93.7 Å². The Balaban J connectivity index is 1.40. The fourth-order valence-corrected chi connectivity index (χ4v) is 3.48. The van der Waals surface area contributed by atoms with E-state index in [4.69, 9.17) is 32.7 Å². The second-order valence-electron chi connectivity index (χ2n) is 7.71. The van der Waals surface area contributed by atoms with Crippen LogP contribution in [0.5, 0.6) is 11.5 Å². The van der Waals surface area contributed by atoms with Crippen molar-refractivity contribution >= 4 is 52.4 Å². The number of nitrogens with one attached hydrogen (secondary N) is 2. The molecule has 0 atom stereocenters. The smallest absolute Gasteiger partial charge is 0.306 e. The number of carbonyl (C=O) groups is 3. The fraction of sp³-hybridized carbons (Fsp3) is 0.192. The van der Waals surface area contributed by atoms with Gasteiger partial charge in [0.15, 0.2) is 6.61 Å². The monoisotopic (exact) mass is 514 g/mol. The Labute approximate surface area is 213 Å². The van der Waals surface area contributed by atoms with E-state index in [1.165, 1.54) is 0 Å². The summed E-state index contributed by atoms with van der Waals surface area (Å²) in [5.74, 6) is -0.172. The third kappa shape index (κ3) is 7.73. The maximum Gasteiger partial charge on any atom is 0.306 e. The van der Waals surface area contributed by atoms with Crippen LogP contribution in [0, 0.1) is 13.8 Å². The van der Waals surface area contributed by atoms with Crippen molar-refractivity contribution in [2.24, 2.45) is 0 Å². The summed E-state index contributed by atoms with van der Waals surface area (Å²) < 4.78 is 10.9. The number of halogens is 2. The Hall–Kier alpha value is -3.55. The van der Waals surface area contributed by atoms with Gasteiger partial charge in [-0.05, 0) is 61.4 Å². The summed E-state index contributed by atoms with van der Waals surface area (Å²) in [6.07, 6.45) is -0.272. The van der Waals surface area contributed by atoms with E-state index in [1.807, 2.05) is 32.0 Å². The lowest BCUT2D eigenvalue weighted by Crippen LogP contribution is -2.22. The zero-order valence-electron chi connectivity index (χ0n) is 19.2. The van der Waals surface area contributed by atoms with Gasteiger partial charge in [-0.3, -0.25) is 14.4 Å². The minimum absolute atomic E-state index is 0.0960. The van der Waals surface area contributed by atoms with Gasteiger partial charge in [0.1, 0.15) is 11.5 Å². The van der Waals surface area contributed by atoms with Gasteiger partial charge in [-0.15, -0.1) is 0 Å². The van der Waals surface area contributed by atoms with Crippen LogP contribution in [0.1, 0.15) is 24.0 Å². The molecule has 0 aliphatic carbocycles. The molecule has 3 aromatic rings. The van der Waals surface area contributed by atoms with Crippen LogP contribution in [0.2, 0.25) is 10.0 Å². The number of ether oxygens (including phenoxy) is 2. The van der Waals surface area contributed by atoms with E-state index >= 15 is 0 Å². The first kappa shape index (κ1) is 26.1. The van der Waals surface area contributed by atoms with Crippen LogP contribution in [-0.2, 0) is 19.1 Å². The average Bonchev–Trinajstić information content (AvgIpc) is 2.83. The van der Waals surface area contributed by atoms with Crippen LogP contribution in [0.3, 0.4) is 0 Å². The quantitative estimate of drug-likeness (QED) is 0.326. The molecule has 182 valence electrons. The molecule has 35 heavy (non-hydrogen) atoms. The molecule has 2 amide bonds. The Kier molecular flexibility index (Phi) is 9.11. The van der Waals surface area contributed by atoms with Gasteiger partial charge in [-0.25, -0.2) is 0 Å². The highest BCUT2D eigenvalue weighted by molar-refractivity contribution is 6.44. The first-order valence-corrected chi connectivity index (χ1v) is 11.5. The number of benzene rings is 3. The molecular formula is C26H24Cl2N2O5. The van der Waals surface area contributed by atoms with Crippen molar-refractivity contribution in [2.45, 2.75) is 26.7 Å². The minimum Gasteiger partial charge on any atom is -0.457 e. The van der Waals surface area contributed by atoms with E-state index in [0.717, 1.165) is 16.9 Å². The number of esters is 1. The van der Waals surface area contributed by atoms with Gasteiger partial charge in [0.05, 0.1) is 22.2 Å². The maximum atomic E-state index is 12.2. The standard InChI is InChI=1S/C26H24Cl2N2O5/c1-16-5-3-6-17(2)26(16)35-19-11-9-18(10-12-19)29-22(31)13-14-24(33)34-15-23(32)30-21-8-4-7-20(27)25(21)28/h3-12H,13-15H2,1-2H3,(H,29,31)(H,30,32). The molecule has 0 aromatic heterocycles. The van der Waals surface area contributed by atoms with Crippen LogP contribution in [0.4, 0.5) is 11.4 Å². The van der Waals surface area contributed by atoms with Crippen molar-refractivity contribution in [3.63, 3.8) is 0 Å². The first-order chi connectivity index (χ1) is 16.7. The fourth-order valence-electron chi connectivity index (χ4n) is 3.13. The molecule has 0 aliphatic heterocycles. The van der Waals surface area contributed by atoms with Gasteiger partial charge in [-0.1, -0.05) is 47.5 Å². The lowest BCUT2D eigenvalue weighted by Gasteiger charge is -2.12. The number of rotatable bonds is 9. The van der Waals surface area contributed by atoms with Gasteiger partial charge in [0.2, 0.25) is 5.91 Å². The summed E-state index contributed by atoms with van der Waals surface area (Å²) in [5, 5.41) is 5.70. The molecule has 7 nitrogen and oxygen atoms in total. The van der Waals surface area contributed by atoms with Gasteiger partial charge in [0.25, 0.3) is 5.91 Å². The minimum atomic E-state index is -0.676. The third-order valence-electron chi connectivity index (χ3n) is 4.91.